The standard InChI is InChI=1S/C11H13Cl2NO2/c1-8(5-6-12)16-11(15)14-10-4-2-3-9(13)7-10/h2-4,7-8H,5-6H2,1H3,(H,14,15). The largest absolute Gasteiger partial charge is 0.446 e. The van der Waals surface area contributed by atoms with Crippen molar-refractivity contribution in [3.05, 3.63) is 29.3 Å². The fraction of sp³-hybridized carbons (Fsp3) is 0.364. The van der Waals surface area contributed by atoms with Gasteiger partial charge in [0.05, 0.1) is 0 Å². The molecule has 1 N–H and O–H groups in total. The number of benzene rings is 1. The highest BCUT2D eigenvalue weighted by Gasteiger charge is 2.08. The maximum Gasteiger partial charge on any atom is 0.411 e. The average molecular weight is 262 g/mol. The number of amides is 1. The van der Waals surface area contributed by atoms with E-state index < -0.39 is 6.09 Å². The van der Waals surface area contributed by atoms with E-state index in [1.165, 1.54) is 0 Å². The summed E-state index contributed by atoms with van der Waals surface area (Å²) in [4.78, 5) is 11.4. The van der Waals surface area contributed by atoms with Gasteiger partial charge in [0.15, 0.2) is 0 Å². The second kappa shape index (κ2) is 6.61. The van der Waals surface area contributed by atoms with Gasteiger partial charge < -0.3 is 4.74 Å². The fourth-order valence-corrected chi connectivity index (χ4v) is 1.61. The number of halogens is 2. The molecule has 0 heterocycles. The zero-order valence-corrected chi connectivity index (χ0v) is 10.4. The Kier molecular flexibility index (Phi) is 5.43. The number of carbonyl (C=O) groups excluding carboxylic acids is 1. The quantitative estimate of drug-likeness (QED) is 0.835. The molecule has 1 rings (SSSR count). The topological polar surface area (TPSA) is 38.3 Å². The first-order valence-electron chi connectivity index (χ1n) is 4.91. The molecule has 1 aromatic rings. The summed E-state index contributed by atoms with van der Waals surface area (Å²) in [5.74, 6) is 0.464. The van der Waals surface area contributed by atoms with Crippen LogP contribution >= 0.6 is 23.2 Å². The van der Waals surface area contributed by atoms with Crippen LogP contribution in [0.1, 0.15) is 13.3 Å². The molecule has 5 heteroatoms. The molecule has 0 saturated carbocycles. The number of anilines is 1. The molecule has 0 aliphatic carbocycles. The van der Waals surface area contributed by atoms with Gasteiger partial charge in [-0.15, -0.1) is 11.6 Å². The summed E-state index contributed by atoms with van der Waals surface area (Å²) < 4.78 is 5.06. The maximum absolute atomic E-state index is 11.4. The number of hydrogen-bond acceptors (Lipinski definition) is 2. The molecule has 16 heavy (non-hydrogen) atoms. The van der Waals surface area contributed by atoms with Gasteiger partial charge in [0.2, 0.25) is 0 Å². The van der Waals surface area contributed by atoms with E-state index in [9.17, 15) is 4.79 Å². The minimum atomic E-state index is -0.500. The van der Waals surface area contributed by atoms with Crippen LogP contribution in [0.4, 0.5) is 10.5 Å². The predicted molar refractivity (Wildman–Crippen MR) is 66.4 cm³/mol. The van der Waals surface area contributed by atoms with Crippen LogP contribution in [-0.4, -0.2) is 18.1 Å². The SMILES string of the molecule is CC(CCCl)OC(=O)Nc1cccc(Cl)c1. The molecule has 0 saturated heterocycles. The Hall–Kier alpha value is -0.930. The number of hydrogen-bond donors (Lipinski definition) is 1. The van der Waals surface area contributed by atoms with Gasteiger partial charge in [0.1, 0.15) is 6.10 Å². The van der Waals surface area contributed by atoms with Crippen LogP contribution in [0.2, 0.25) is 5.02 Å². The maximum atomic E-state index is 11.4. The highest BCUT2D eigenvalue weighted by molar-refractivity contribution is 6.30. The van der Waals surface area contributed by atoms with Gasteiger partial charge in [-0.05, 0) is 31.5 Å². The highest BCUT2D eigenvalue weighted by atomic mass is 35.5. The first-order chi connectivity index (χ1) is 7.61. The summed E-state index contributed by atoms with van der Waals surface area (Å²) in [6.07, 6.45) is -0.0681. The van der Waals surface area contributed by atoms with E-state index in [0.717, 1.165) is 0 Å². The number of ether oxygens (including phenoxy) is 1. The van der Waals surface area contributed by atoms with Crippen molar-refractivity contribution in [3.63, 3.8) is 0 Å². The van der Waals surface area contributed by atoms with Gasteiger partial charge in [-0.2, -0.15) is 0 Å². The second-order valence-electron chi connectivity index (χ2n) is 3.33. The Balaban J connectivity index is 2.45. The van der Waals surface area contributed by atoms with Crippen LogP contribution in [0.5, 0.6) is 0 Å². The molecule has 1 unspecified atom stereocenters. The molecular formula is C11H13Cl2NO2. The lowest BCUT2D eigenvalue weighted by atomic mass is 10.3. The van der Waals surface area contributed by atoms with Crippen LogP contribution in [0, 0.1) is 0 Å². The number of nitrogens with one attached hydrogen (secondary N) is 1. The predicted octanol–water partition coefficient (Wildman–Crippen LogP) is 3.91. The molecule has 0 fully saturated rings. The molecule has 0 aliphatic rings. The van der Waals surface area contributed by atoms with E-state index in [2.05, 4.69) is 5.32 Å². The molecule has 3 nitrogen and oxygen atoms in total. The normalized spacial score (nSPS) is 11.9. The Morgan fingerprint density at radius 2 is 2.31 bits per heavy atom. The molecule has 1 amide bonds. The van der Waals surface area contributed by atoms with Gasteiger partial charge in [0, 0.05) is 16.6 Å². The molecule has 0 aromatic heterocycles. The van der Waals surface area contributed by atoms with Gasteiger partial charge in [0.25, 0.3) is 0 Å². The third-order valence-corrected chi connectivity index (χ3v) is 2.35. The summed E-state index contributed by atoms with van der Waals surface area (Å²) in [5, 5.41) is 3.15. The van der Waals surface area contributed by atoms with Gasteiger partial charge in [-0.25, -0.2) is 4.79 Å². The van der Waals surface area contributed by atoms with Crippen molar-refractivity contribution in [1.82, 2.24) is 0 Å². The lowest BCUT2D eigenvalue weighted by Gasteiger charge is -2.12. The summed E-state index contributed by atoms with van der Waals surface area (Å²) in [7, 11) is 0. The third-order valence-electron chi connectivity index (χ3n) is 1.89. The Morgan fingerprint density at radius 3 is 2.94 bits per heavy atom. The molecule has 0 radical (unpaired) electrons. The van der Waals surface area contributed by atoms with Crippen molar-refractivity contribution in [2.24, 2.45) is 0 Å². The van der Waals surface area contributed by atoms with Crippen molar-refractivity contribution in [2.75, 3.05) is 11.2 Å². The van der Waals surface area contributed by atoms with Crippen LogP contribution in [-0.2, 0) is 4.74 Å². The van der Waals surface area contributed by atoms with E-state index in [1.54, 1.807) is 31.2 Å². The monoisotopic (exact) mass is 261 g/mol. The highest BCUT2D eigenvalue weighted by Crippen LogP contribution is 2.15. The first kappa shape index (κ1) is 13.1. The molecule has 0 bridgehead atoms. The Morgan fingerprint density at radius 1 is 1.56 bits per heavy atom. The Labute approximate surface area is 105 Å². The first-order valence-corrected chi connectivity index (χ1v) is 5.82. The van der Waals surface area contributed by atoms with Gasteiger partial charge in [-0.3, -0.25) is 5.32 Å². The van der Waals surface area contributed by atoms with Gasteiger partial charge in [-0.1, -0.05) is 17.7 Å². The molecule has 88 valence electrons. The van der Waals surface area contributed by atoms with E-state index >= 15 is 0 Å². The number of alkyl halides is 1. The van der Waals surface area contributed by atoms with Gasteiger partial charge >= 0.3 is 6.09 Å². The lowest BCUT2D eigenvalue weighted by Crippen LogP contribution is -2.20. The van der Waals surface area contributed by atoms with Crippen molar-refractivity contribution >= 4 is 35.0 Å². The lowest BCUT2D eigenvalue weighted by molar-refractivity contribution is 0.119. The zero-order valence-electron chi connectivity index (χ0n) is 8.87. The fourth-order valence-electron chi connectivity index (χ4n) is 1.11. The van der Waals surface area contributed by atoms with Crippen molar-refractivity contribution in [2.45, 2.75) is 19.4 Å². The molecule has 0 spiro atoms. The van der Waals surface area contributed by atoms with E-state index in [1.807, 2.05) is 0 Å². The average Bonchev–Trinajstić information content (AvgIpc) is 2.17. The second-order valence-corrected chi connectivity index (χ2v) is 4.14. The van der Waals surface area contributed by atoms with Crippen LogP contribution in [0.15, 0.2) is 24.3 Å². The number of carbonyl (C=O) groups is 1. The molecule has 0 aliphatic heterocycles. The van der Waals surface area contributed by atoms with Crippen molar-refractivity contribution in [1.29, 1.82) is 0 Å². The molecule has 1 aromatic carbocycles. The molecular weight excluding hydrogens is 249 g/mol. The van der Waals surface area contributed by atoms with Crippen LogP contribution < -0.4 is 5.32 Å². The van der Waals surface area contributed by atoms with E-state index in [-0.39, 0.29) is 6.10 Å². The van der Waals surface area contributed by atoms with E-state index in [4.69, 9.17) is 27.9 Å². The minimum Gasteiger partial charge on any atom is -0.446 e. The number of rotatable bonds is 4. The summed E-state index contributed by atoms with van der Waals surface area (Å²) in [5.41, 5.74) is 0.607. The smallest absolute Gasteiger partial charge is 0.411 e. The van der Waals surface area contributed by atoms with E-state index in [0.29, 0.717) is 23.0 Å². The summed E-state index contributed by atoms with van der Waals surface area (Å²) in [6.45, 7) is 1.79. The summed E-state index contributed by atoms with van der Waals surface area (Å²) in [6, 6.07) is 6.86. The third kappa shape index (κ3) is 4.73. The molecule has 1 atom stereocenters. The van der Waals surface area contributed by atoms with Crippen molar-refractivity contribution in [3.8, 4) is 0 Å². The summed E-state index contributed by atoms with van der Waals surface area (Å²) >= 11 is 11.3. The van der Waals surface area contributed by atoms with Crippen LogP contribution in [0.3, 0.4) is 0 Å². The Bertz CT molecular complexity index is 358. The van der Waals surface area contributed by atoms with Crippen molar-refractivity contribution < 1.29 is 9.53 Å². The van der Waals surface area contributed by atoms with Crippen LogP contribution in [0.25, 0.3) is 0 Å². The zero-order chi connectivity index (χ0) is 12.0. The minimum absolute atomic E-state index is 0.198.